The molecule has 0 aliphatic carbocycles. The molecule has 1 atom stereocenters. The van der Waals surface area contributed by atoms with E-state index in [9.17, 15) is 4.79 Å². The first-order valence-electron chi connectivity index (χ1n) is 5.90. The van der Waals surface area contributed by atoms with E-state index in [2.05, 4.69) is 25.7 Å². The van der Waals surface area contributed by atoms with Crippen molar-refractivity contribution < 1.29 is 9.32 Å². The van der Waals surface area contributed by atoms with E-state index in [0.717, 1.165) is 12.2 Å². The van der Waals surface area contributed by atoms with Crippen LogP contribution < -0.4 is 5.32 Å². The maximum Gasteiger partial charge on any atom is 0.238 e. The van der Waals surface area contributed by atoms with Gasteiger partial charge in [-0.15, -0.1) is 5.10 Å². The van der Waals surface area contributed by atoms with Crippen LogP contribution in [0.15, 0.2) is 15.7 Å². The highest BCUT2D eigenvalue weighted by molar-refractivity contribution is 8.00. The molecule has 1 unspecified atom stereocenters. The molecule has 0 saturated carbocycles. The second-order valence-electron chi connectivity index (χ2n) is 3.99. The van der Waals surface area contributed by atoms with Crippen LogP contribution in [0, 0.1) is 6.92 Å². The summed E-state index contributed by atoms with van der Waals surface area (Å²) in [6.45, 7) is 5.54. The molecule has 0 bridgehead atoms. The lowest BCUT2D eigenvalue weighted by molar-refractivity contribution is -0.115. The number of carbonyl (C=O) groups excluding carboxylic acids is 1. The van der Waals surface area contributed by atoms with Crippen molar-refractivity contribution in [2.45, 2.75) is 37.6 Å². The molecule has 102 valence electrons. The van der Waals surface area contributed by atoms with Gasteiger partial charge in [0.15, 0.2) is 5.82 Å². The standard InChI is InChI=1S/C11H15N5O2S/c1-4-8-13-11(15-14-8)19-7(3)10(17)12-9-5-6(2)18-16-9/h5,7H,4H2,1-3H3,(H,12,16,17)(H,13,14,15). The Kier molecular flexibility index (Phi) is 4.20. The van der Waals surface area contributed by atoms with Crippen LogP contribution >= 0.6 is 11.8 Å². The predicted molar refractivity (Wildman–Crippen MR) is 70.9 cm³/mol. The second-order valence-corrected chi connectivity index (χ2v) is 5.30. The van der Waals surface area contributed by atoms with E-state index < -0.39 is 0 Å². The van der Waals surface area contributed by atoms with Crippen LogP contribution in [0.25, 0.3) is 0 Å². The van der Waals surface area contributed by atoms with E-state index in [0.29, 0.717) is 16.7 Å². The Morgan fingerprint density at radius 2 is 2.42 bits per heavy atom. The lowest BCUT2D eigenvalue weighted by Crippen LogP contribution is -2.22. The molecule has 2 rings (SSSR count). The van der Waals surface area contributed by atoms with Gasteiger partial charge in [-0.3, -0.25) is 9.89 Å². The highest BCUT2D eigenvalue weighted by Crippen LogP contribution is 2.20. The van der Waals surface area contributed by atoms with Gasteiger partial charge >= 0.3 is 0 Å². The van der Waals surface area contributed by atoms with Crippen molar-refractivity contribution in [2.24, 2.45) is 0 Å². The average Bonchev–Trinajstić information content (AvgIpc) is 2.98. The first-order valence-corrected chi connectivity index (χ1v) is 6.78. The molecule has 2 N–H and O–H groups in total. The second kappa shape index (κ2) is 5.87. The quantitative estimate of drug-likeness (QED) is 0.811. The van der Waals surface area contributed by atoms with Crippen LogP contribution in [0.3, 0.4) is 0 Å². The van der Waals surface area contributed by atoms with Crippen molar-refractivity contribution in [2.75, 3.05) is 5.32 Å². The Bertz CT molecular complexity index is 565. The van der Waals surface area contributed by atoms with Crippen LogP contribution in [-0.4, -0.2) is 31.5 Å². The zero-order chi connectivity index (χ0) is 13.8. The minimum absolute atomic E-state index is 0.166. The third-order valence-corrected chi connectivity index (χ3v) is 3.34. The number of carbonyl (C=O) groups is 1. The van der Waals surface area contributed by atoms with Crippen LogP contribution in [0.4, 0.5) is 5.82 Å². The number of aromatic nitrogens is 4. The summed E-state index contributed by atoms with van der Waals surface area (Å²) < 4.78 is 4.88. The Labute approximate surface area is 114 Å². The Morgan fingerprint density at radius 3 is 3.00 bits per heavy atom. The maximum absolute atomic E-state index is 11.9. The Hall–Kier alpha value is -1.83. The minimum atomic E-state index is -0.322. The largest absolute Gasteiger partial charge is 0.360 e. The highest BCUT2D eigenvalue weighted by atomic mass is 32.2. The van der Waals surface area contributed by atoms with E-state index in [-0.39, 0.29) is 11.2 Å². The van der Waals surface area contributed by atoms with Gasteiger partial charge in [0, 0.05) is 12.5 Å². The number of nitrogens with zero attached hydrogens (tertiary/aromatic N) is 3. The van der Waals surface area contributed by atoms with Gasteiger partial charge in [0.2, 0.25) is 11.1 Å². The van der Waals surface area contributed by atoms with Crippen molar-refractivity contribution in [1.29, 1.82) is 0 Å². The number of rotatable bonds is 5. The summed E-state index contributed by atoms with van der Waals surface area (Å²) in [6.07, 6.45) is 0.784. The average molecular weight is 281 g/mol. The summed E-state index contributed by atoms with van der Waals surface area (Å²) in [5.41, 5.74) is 0. The van der Waals surface area contributed by atoms with Gasteiger partial charge in [-0.25, -0.2) is 4.98 Å². The van der Waals surface area contributed by atoms with Crippen LogP contribution in [-0.2, 0) is 11.2 Å². The van der Waals surface area contributed by atoms with Crippen LogP contribution in [0.5, 0.6) is 0 Å². The van der Waals surface area contributed by atoms with Gasteiger partial charge in [0.25, 0.3) is 0 Å². The molecule has 0 aliphatic heterocycles. The van der Waals surface area contributed by atoms with Gasteiger partial charge in [-0.2, -0.15) is 0 Å². The summed E-state index contributed by atoms with van der Waals surface area (Å²) in [4.78, 5) is 16.2. The first kappa shape index (κ1) is 13.6. The fourth-order valence-electron chi connectivity index (χ4n) is 1.35. The molecule has 1 amide bonds. The molecule has 2 aromatic heterocycles. The molecule has 7 nitrogen and oxygen atoms in total. The summed E-state index contributed by atoms with van der Waals surface area (Å²) in [7, 11) is 0. The van der Waals surface area contributed by atoms with E-state index >= 15 is 0 Å². The first-order chi connectivity index (χ1) is 9.08. The number of hydrogen-bond donors (Lipinski definition) is 2. The highest BCUT2D eigenvalue weighted by Gasteiger charge is 2.18. The molecule has 0 spiro atoms. The van der Waals surface area contributed by atoms with E-state index in [1.807, 2.05) is 6.92 Å². The molecule has 0 saturated heterocycles. The number of anilines is 1. The fourth-order valence-corrected chi connectivity index (χ4v) is 2.10. The number of H-pyrrole nitrogens is 1. The maximum atomic E-state index is 11.9. The van der Waals surface area contributed by atoms with Gasteiger partial charge in [-0.1, -0.05) is 23.8 Å². The molecule has 0 radical (unpaired) electrons. The zero-order valence-corrected chi connectivity index (χ0v) is 11.7. The monoisotopic (exact) mass is 281 g/mol. The Balaban J connectivity index is 1.91. The van der Waals surface area contributed by atoms with E-state index in [4.69, 9.17) is 4.52 Å². The topological polar surface area (TPSA) is 96.7 Å². The summed E-state index contributed by atoms with van der Waals surface area (Å²) in [5.74, 6) is 1.71. The lowest BCUT2D eigenvalue weighted by atomic mass is 10.4. The summed E-state index contributed by atoms with van der Waals surface area (Å²) in [6, 6.07) is 1.66. The minimum Gasteiger partial charge on any atom is -0.360 e. The van der Waals surface area contributed by atoms with Crippen molar-refractivity contribution >= 4 is 23.5 Å². The molecule has 8 heteroatoms. The summed E-state index contributed by atoms with van der Waals surface area (Å²) >= 11 is 1.29. The molecular weight excluding hydrogens is 266 g/mol. The molecule has 2 aromatic rings. The zero-order valence-electron chi connectivity index (χ0n) is 10.9. The third-order valence-electron chi connectivity index (χ3n) is 2.38. The smallest absolute Gasteiger partial charge is 0.238 e. The molecule has 2 heterocycles. The normalized spacial score (nSPS) is 12.4. The summed E-state index contributed by atoms with van der Waals surface area (Å²) in [5, 5.41) is 13.5. The van der Waals surface area contributed by atoms with E-state index in [1.165, 1.54) is 11.8 Å². The SMILES string of the molecule is CCc1nc(SC(C)C(=O)Nc2cc(C)on2)n[nH]1. The molecule has 19 heavy (non-hydrogen) atoms. The van der Waals surface area contributed by atoms with Gasteiger partial charge < -0.3 is 9.84 Å². The molecule has 0 aliphatic rings. The van der Waals surface area contributed by atoms with Crippen molar-refractivity contribution in [3.05, 3.63) is 17.7 Å². The van der Waals surface area contributed by atoms with Gasteiger partial charge in [0.05, 0.1) is 5.25 Å². The van der Waals surface area contributed by atoms with Crippen molar-refractivity contribution in [3.63, 3.8) is 0 Å². The van der Waals surface area contributed by atoms with Crippen molar-refractivity contribution in [3.8, 4) is 0 Å². The third kappa shape index (κ3) is 3.57. The Morgan fingerprint density at radius 1 is 1.63 bits per heavy atom. The van der Waals surface area contributed by atoms with Crippen LogP contribution in [0.1, 0.15) is 25.4 Å². The molecular formula is C11H15N5O2S. The number of amides is 1. The number of aromatic amines is 1. The lowest BCUT2D eigenvalue weighted by Gasteiger charge is -2.07. The van der Waals surface area contributed by atoms with Gasteiger partial charge in [-0.05, 0) is 13.8 Å². The van der Waals surface area contributed by atoms with E-state index in [1.54, 1.807) is 19.9 Å². The molecule has 0 aromatic carbocycles. The van der Waals surface area contributed by atoms with Gasteiger partial charge in [0.1, 0.15) is 11.6 Å². The number of aryl methyl sites for hydroxylation is 2. The molecule has 0 fully saturated rings. The fraction of sp³-hybridized carbons (Fsp3) is 0.455. The van der Waals surface area contributed by atoms with Crippen molar-refractivity contribution in [1.82, 2.24) is 20.3 Å². The van der Waals surface area contributed by atoms with Crippen LogP contribution in [0.2, 0.25) is 0 Å². The number of hydrogen-bond acceptors (Lipinski definition) is 6. The number of nitrogens with one attached hydrogen (secondary N) is 2. The predicted octanol–water partition coefficient (Wildman–Crippen LogP) is 1.78. The number of thioether (sulfide) groups is 1.